The summed E-state index contributed by atoms with van der Waals surface area (Å²) in [5.41, 5.74) is 1.80. The average Bonchev–Trinajstić information content (AvgIpc) is 3.05. The second-order valence-electron chi connectivity index (χ2n) is 7.27. The molecule has 5 rings (SSSR count). The van der Waals surface area contributed by atoms with E-state index >= 15 is 0 Å². The molecule has 1 amide bonds. The van der Waals surface area contributed by atoms with Gasteiger partial charge in [0, 0.05) is 48.1 Å². The number of carbonyl (C=O) groups excluding carboxylic acids is 1. The molecule has 1 atom stereocenters. The molecular formula is C19H21N5O. The fourth-order valence-electron chi connectivity index (χ4n) is 3.82. The minimum Gasteiger partial charge on any atom is -0.361 e. The van der Waals surface area contributed by atoms with Crippen molar-refractivity contribution in [3.63, 3.8) is 0 Å². The van der Waals surface area contributed by atoms with E-state index in [1.165, 1.54) is 12.8 Å². The summed E-state index contributed by atoms with van der Waals surface area (Å²) in [4.78, 5) is 22.7. The van der Waals surface area contributed by atoms with Gasteiger partial charge in [0.05, 0.1) is 0 Å². The molecule has 3 heterocycles. The van der Waals surface area contributed by atoms with Gasteiger partial charge in [-0.1, -0.05) is 6.07 Å². The summed E-state index contributed by atoms with van der Waals surface area (Å²) < 4.78 is 0. The number of fused-ring (bicyclic) bond motifs is 1. The second-order valence-corrected chi connectivity index (χ2v) is 7.27. The van der Waals surface area contributed by atoms with E-state index in [2.05, 4.69) is 20.2 Å². The maximum Gasteiger partial charge on any atom is 0.254 e. The third-order valence-electron chi connectivity index (χ3n) is 5.37. The first kappa shape index (κ1) is 14.7. The standard InChI is InChI=1S/C19H21N5O/c25-19(15-2-1-3-16-14(15)6-8-20-16)24-9-7-12(11-24)10-17-21-18(23-22-17)13-4-5-13/h1-3,6,8,12-13,20H,4-5,7,9-11H2,(H,21,22,23). The van der Waals surface area contributed by atoms with Crippen molar-refractivity contribution in [2.45, 2.75) is 31.6 Å². The number of carbonyl (C=O) groups is 1. The van der Waals surface area contributed by atoms with Gasteiger partial charge in [-0.2, -0.15) is 5.10 Å². The normalized spacial score (nSPS) is 20.5. The van der Waals surface area contributed by atoms with Gasteiger partial charge in [-0.3, -0.25) is 9.89 Å². The zero-order valence-electron chi connectivity index (χ0n) is 14.0. The van der Waals surface area contributed by atoms with Gasteiger partial charge in [0.1, 0.15) is 5.82 Å². The number of hydrogen-bond donors (Lipinski definition) is 2. The van der Waals surface area contributed by atoms with Gasteiger partial charge in [0.15, 0.2) is 5.82 Å². The van der Waals surface area contributed by atoms with E-state index in [9.17, 15) is 4.79 Å². The number of rotatable bonds is 4. The van der Waals surface area contributed by atoms with Crippen LogP contribution in [0.2, 0.25) is 0 Å². The van der Waals surface area contributed by atoms with Crippen molar-refractivity contribution in [3.05, 3.63) is 47.7 Å². The number of H-pyrrole nitrogens is 2. The lowest BCUT2D eigenvalue weighted by Gasteiger charge is -2.17. The number of hydrogen-bond acceptors (Lipinski definition) is 3. The van der Waals surface area contributed by atoms with Crippen LogP contribution in [0.25, 0.3) is 10.9 Å². The number of likely N-dealkylation sites (tertiary alicyclic amines) is 1. The van der Waals surface area contributed by atoms with Crippen molar-refractivity contribution in [2.24, 2.45) is 5.92 Å². The lowest BCUT2D eigenvalue weighted by atomic mass is 10.0. The summed E-state index contributed by atoms with van der Waals surface area (Å²) in [7, 11) is 0. The zero-order chi connectivity index (χ0) is 16.8. The number of nitrogens with one attached hydrogen (secondary N) is 2. The molecule has 2 N–H and O–H groups in total. The van der Waals surface area contributed by atoms with Gasteiger partial charge in [0.25, 0.3) is 5.91 Å². The molecule has 0 spiro atoms. The molecule has 0 radical (unpaired) electrons. The van der Waals surface area contributed by atoms with Crippen molar-refractivity contribution in [1.29, 1.82) is 0 Å². The van der Waals surface area contributed by atoms with E-state index in [1.54, 1.807) is 0 Å². The third kappa shape index (κ3) is 2.71. The molecule has 1 aliphatic carbocycles. The Balaban J connectivity index is 1.28. The fraction of sp³-hybridized carbons (Fsp3) is 0.421. The maximum absolute atomic E-state index is 12.9. The molecule has 2 fully saturated rings. The maximum atomic E-state index is 12.9. The highest BCUT2D eigenvalue weighted by Gasteiger charge is 2.30. The Morgan fingerprint density at radius 3 is 3.04 bits per heavy atom. The fourth-order valence-corrected chi connectivity index (χ4v) is 3.82. The Morgan fingerprint density at radius 1 is 1.24 bits per heavy atom. The first-order valence-electron chi connectivity index (χ1n) is 9.04. The molecule has 1 saturated carbocycles. The molecule has 3 aromatic rings. The number of aromatic nitrogens is 4. The van der Waals surface area contributed by atoms with Gasteiger partial charge in [-0.05, 0) is 43.4 Å². The third-order valence-corrected chi connectivity index (χ3v) is 5.37. The molecule has 1 unspecified atom stereocenters. The summed E-state index contributed by atoms with van der Waals surface area (Å²) >= 11 is 0. The Hall–Kier alpha value is -2.63. The molecule has 25 heavy (non-hydrogen) atoms. The van der Waals surface area contributed by atoms with E-state index in [0.29, 0.717) is 11.8 Å². The first-order chi connectivity index (χ1) is 12.3. The Morgan fingerprint density at radius 2 is 2.16 bits per heavy atom. The van der Waals surface area contributed by atoms with Crippen molar-refractivity contribution >= 4 is 16.8 Å². The van der Waals surface area contributed by atoms with Gasteiger partial charge in [-0.25, -0.2) is 4.98 Å². The highest BCUT2D eigenvalue weighted by Crippen LogP contribution is 2.38. The number of benzene rings is 1. The van der Waals surface area contributed by atoms with Crippen molar-refractivity contribution in [2.75, 3.05) is 13.1 Å². The van der Waals surface area contributed by atoms with Crippen LogP contribution in [0.5, 0.6) is 0 Å². The van der Waals surface area contributed by atoms with Crippen molar-refractivity contribution in [3.8, 4) is 0 Å². The highest BCUT2D eigenvalue weighted by molar-refractivity contribution is 6.06. The smallest absolute Gasteiger partial charge is 0.254 e. The van der Waals surface area contributed by atoms with Crippen LogP contribution in [-0.4, -0.2) is 44.1 Å². The lowest BCUT2D eigenvalue weighted by Crippen LogP contribution is -2.29. The molecular weight excluding hydrogens is 314 g/mol. The molecule has 1 aliphatic heterocycles. The van der Waals surface area contributed by atoms with E-state index < -0.39 is 0 Å². The van der Waals surface area contributed by atoms with Gasteiger partial charge in [-0.15, -0.1) is 0 Å². The predicted octanol–water partition coefficient (Wildman–Crippen LogP) is 2.87. The van der Waals surface area contributed by atoms with E-state index in [1.807, 2.05) is 35.4 Å². The summed E-state index contributed by atoms with van der Waals surface area (Å²) in [6.45, 7) is 1.60. The molecule has 0 bridgehead atoms. The van der Waals surface area contributed by atoms with Crippen LogP contribution in [0.4, 0.5) is 0 Å². The Bertz CT molecular complexity index is 923. The number of amides is 1. The van der Waals surface area contributed by atoms with Crippen LogP contribution in [0.3, 0.4) is 0 Å². The van der Waals surface area contributed by atoms with E-state index in [4.69, 9.17) is 0 Å². The van der Waals surface area contributed by atoms with Gasteiger partial charge >= 0.3 is 0 Å². The van der Waals surface area contributed by atoms with Crippen LogP contribution in [0.1, 0.15) is 47.2 Å². The molecule has 6 nitrogen and oxygen atoms in total. The molecule has 2 aliphatic rings. The Labute approximate surface area is 145 Å². The highest BCUT2D eigenvalue weighted by atomic mass is 16.2. The van der Waals surface area contributed by atoms with Gasteiger partial charge in [0.2, 0.25) is 0 Å². The lowest BCUT2D eigenvalue weighted by molar-refractivity contribution is 0.0789. The summed E-state index contributed by atoms with van der Waals surface area (Å²) in [6.07, 6.45) is 6.21. The Kier molecular flexibility index (Phi) is 3.36. The predicted molar refractivity (Wildman–Crippen MR) is 94.4 cm³/mol. The number of nitrogens with zero attached hydrogens (tertiary/aromatic N) is 3. The van der Waals surface area contributed by atoms with Crippen LogP contribution in [-0.2, 0) is 6.42 Å². The van der Waals surface area contributed by atoms with Crippen LogP contribution >= 0.6 is 0 Å². The van der Waals surface area contributed by atoms with Gasteiger partial charge < -0.3 is 9.88 Å². The van der Waals surface area contributed by atoms with E-state index in [0.717, 1.165) is 54.0 Å². The minimum atomic E-state index is 0.129. The van der Waals surface area contributed by atoms with Crippen LogP contribution in [0.15, 0.2) is 30.5 Å². The van der Waals surface area contributed by atoms with Crippen molar-refractivity contribution < 1.29 is 4.79 Å². The summed E-state index contributed by atoms with van der Waals surface area (Å²) in [5.74, 6) is 3.10. The summed E-state index contributed by atoms with van der Waals surface area (Å²) in [6, 6.07) is 7.84. The zero-order valence-corrected chi connectivity index (χ0v) is 14.0. The molecule has 1 aromatic carbocycles. The quantitative estimate of drug-likeness (QED) is 0.769. The first-order valence-corrected chi connectivity index (χ1v) is 9.04. The number of aromatic amines is 2. The summed E-state index contributed by atoms with van der Waals surface area (Å²) in [5, 5.41) is 8.41. The van der Waals surface area contributed by atoms with Crippen LogP contribution in [0, 0.1) is 5.92 Å². The topological polar surface area (TPSA) is 77.7 Å². The molecule has 6 heteroatoms. The monoisotopic (exact) mass is 335 g/mol. The molecule has 2 aromatic heterocycles. The molecule has 1 saturated heterocycles. The van der Waals surface area contributed by atoms with E-state index in [-0.39, 0.29) is 5.91 Å². The molecule has 128 valence electrons. The SMILES string of the molecule is O=C(c1cccc2[nH]ccc12)N1CCC(Cc2nc(C3CC3)n[nH]2)C1. The largest absolute Gasteiger partial charge is 0.361 e. The second kappa shape index (κ2) is 5.72. The van der Waals surface area contributed by atoms with Crippen LogP contribution < -0.4 is 0 Å². The van der Waals surface area contributed by atoms with Crippen molar-refractivity contribution in [1.82, 2.24) is 25.1 Å². The minimum absolute atomic E-state index is 0.129. The average molecular weight is 335 g/mol.